The van der Waals surface area contributed by atoms with Crippen LogP contribution in [0.5, 0.6) is 0 Å². The standard InChI is InChI=1S/C14H24N4O/c1-11-8-12(2)18(16-11)10-14(19)17(3)9-13-6-4-5-7-15-13/h8,13,15H,4-7,9-10H2,1-3H3. The summed E-state index contributed by atoms with van der Waals surface area (Å²) in [6.07, 6.45) is 3.68. The summed E-state index contributed by atoms with van der Waals surface area (Å²) >= 11 is 0. The van der Waals surface area contributed by atoms with Crippen LogP contribution in [0.3, 0.4) is 0 Å². The molecular weight excluding hydrogens is 240 g/mol. The van der Waals surface area contributed by atoms with E-state index in [1.807, 2.05) is 31.9 Å². The lowest BCUT2D eigenvalue weighted by Crippen LogP contribution is -2.45. The van der Waals surface area contributed by atoms with Crippen LogP contribution >= 0.6 is 0 Å². The highest BCUT2D eigenvalue weighted by Gasteiger charge is 2.18. The fraction of sp³-hybridized carbons (Fsp3) is 0.714. The summed E-state index contributed by atoms with van der Waals surface area (Å²) in [6, 6.07) is 2.44. The van der Waals surface area contributed by atoms with Crippen molar-refractivity contribution in [1.29, 1.82) is 0 Å². The number of aromatic nitrogens is 2. The molecule has 1 unspecified atom stereocenters. The number of nitrogens with one attached hydrogen (secondary N) is 1. The maximum absolute atomic E-state index is 12.2. The molecule has 5 nitrogen and oxygen atoms in total. The third-order valence-electron chi connectivity index (χ3n) is 3.72. The zero-order valence-corrected chi connectivity index (χ0v) is 12.1. The summed E-state index contributed by atoms with van der Waals surface area (Å²) in [5, 5.41) is 7.80. The highest BCUT2D eigenvalue weighted by Crippen LogP contribution is 2.08. The van der Waals surface area contributed by atoms with Crippen LogP contribution in [0.1, 0.15) is 30.7 Å². The predicted octanol–water partition coefficient (Wildman–Crippen LogP) is 1.10. The average Bonchev–Trinajstić information content (AvgIpc) is 2.69. The number of aryl methyl sites for hydroxylation is 2. The van der Waals surface area contributed by atoms with Crippen molar-refractivity contribution in [2.24, 2.45) is 0 Å². The molecule has 2 rings (SSSR count). The van der Waals surface area contributed by atoms with E-state index in [-0.39, 0.29) is 5.91 Å². The van der Waals surface area contributed by atoms with Crippen LogP contribution in [-0.4, -0.2) is 46.8 Å². The number of hydrogen-bond acceptors (Lipinski definition) is 3. The van der Waals surface area contributed by atoms with E-state index >= 15 is 0 Å². The van der Waals surface area contributed by atoms with Crippen molar-refractivity contribution < 1.29 is 4.79 Å². The lowest BCUT2D eigenvalue weighted by atomic mass is 10.0. The van der Waals surface area contributed by atoms with Crippen LogP contribution in [0.15, 0.2) is 6.07 Å². The molecular formula is C14H24N4O. The minimum atomic E-state index is 0.124. The number of carbonyl (C=O) groups excluding carboxylic acids is 1. The number of rotatable bonds is 4. The Kier molecular flexibility index (Phi) is 4.58. The van der Waals surface area contributed by atoms with Crippen LogP contribution in [0.4, 0.5) is 0 Å². The van der Waals surface area contributed by atoms with Gasteiger partial charge < -0.3 is 10.2 Å². The van der Waals surface area contributed by atoms with Gasteiger partial charge in [-0.15, -0.1) is 0 Å². The van der Waals surface area contributed by atoms with Crippen LogP contribution in [0.2, 0.25) is 0 Å². The Hall–Kier alpha value is -1.36. The van der Waals surface area contributed by atoms with Gasteiger partial charge in [0.15, 0.2) is 0 Å². The normalized spacial score (nSPS) is 19.4. The quantitative estimate of drug-likeness (QED) is 0.886. The molecule has 0 aromatic carbocycles. The van der Waals surface area contributed by atoms with E-state index in [0.717, 1.165) is 30.9 Å². The third kappa shape index (κ3) is 3.80. The summed E-state index contributed by atoms with van der Waals surface area (Å²) in [4.78, 5) is 14.0. The van der Waals surface area contributed by atoms with Gasteiger partial charge in [0.25, 0.3) is 0 Å². The number of hydrogen-bond donors (Lipinski definition) is 1. The Balaban J connectivity index is 1.86. The van der Waals surface area contributed by atoms with Crippen LogP contribution in [-0.2, 0) is 11.3 Å². The summed E-state index contributed by atoms with van der Waals surface area (Å²) in [7, 11) is 1.88. The molecule has 1 amide bonds. The van der Waals surface area contributed by atoms with Gasteiger partial charge in [-0.05, 0) is 39.3 Å². The second-order valence-electron chi connectivity index (χ2n) is 5.51. The van der Waals surface area contributed by atoms with E-state index in [2.05, 4.69) is 10.4 Å². The van der Waals surface area contributed by atoms with E-state index < -0.39 is 0 Å². The van der Waals surface area contributed by atoms with Gasteiger partial charge in [0.1, 0.15) is 6.54 Å². The van der Waals surface area contributed by atoms with E-state index in [0.29, 0.717) is 12.6 Å². The first kappa shape index (κ1) is 14.1. The predicted molar refractivity (Wildman–Crippen MR) is 75.0 cm³/mol. The second kappa shape index (κ2) is 6.19. The molecule has 0 aliphatic carbocycles. The summed E-state index contributed by atoms with van der Waals surface area (Å²) in [5.74, 6) is 0.124. The van der Waals surface area contributed by atoms with Crippen LogP contribution < -0.4 is 5.32 Å². The van der Waals surface area contributed by atoms with E-state index in [1.54, 1.807) is 4.68 Å². The molecule has 0 saturated carbocycles. The van der Waals surface area contributed by atoms with Gasteiger partial charge in [0.2, 0.25) is 5.91 Å². The number of piperidine rings is 1. The minimum absolute atomic E-state index is 0.124. The topological polar surface area (TPSA) is 50.2 Å². The van der Waals surface area contributed by atoms with Crippen molar-refractivity contribution >= 4 is 5.91 Å². The maximum Gasteiger partial charge on any atom is 0.244 e. The second-order valence-corrected chi connectivity index (χ2v) is 5.51. The smallest absolute Gasteiger partial charge is 0.244 e. The minimum Gasteiger partial charge on any atom is -0.343 e. The van der Waals surface area contributed by atoms with Crippen molar-refractivity contribution in [1.82, 2.24) is 20.0 Å². The third-order valence-corrected chi connectivity index (χ3v) is 3.72. The van der Waals surface area contributed by atoms with Gasteiger partial charge >= 0.3 is 0 Å². The zero-order valence-electron chi connectivity index (χ0n) is 12.1. The SMILES string of the molecule is Cc1cc(C)n(CC(=O)N(C)CC2CCCCN2)n1. The van der Waals surface area contributed by atoms with Crippen molar-refractivity contribution in [3.8, 4) is 0 Å². The molecule has 1 aliphatic rings. The Bertz CT molecular complexity index is 435. The Morgan fingerprint density at radius 1 is 1.53 bits per heavy atom. The van der Waals surface area contributed by atoms with Gasteiger partial charge in [-0.25, -0.2) is 0 Å². The summed E-state index contributed by atoms with van der Waals surface area (Å²) in [5.41, 5.74) is 2.00. The van der Waals surface area contributed by atoms with E-state index in [1.165, 1.54) is 12.8 Å². The first-order chi connectivity index (χ1) is 9.06. The Labute approximate surface area is 115 Å². The molecule has 19 heavy (non-hydrogen) atoms. The van der Waals surface area contributed by atoms with Crippen LogP contribution in [0.25, 0.3) is 0 Å². The van der Waals surface area contributed by atoms with Crippen molar-refractivity contribution in [3.05, 3.63) is 17.5 Å². The molecule has 0 spiro atoms. The number of likely N-dealkylation sites (N-methyl/N-ethyl adjacent to an activating group) is 1. The fourth-order valence-electron chi connectivity index (χ4n) is 2.60. The van der Waals surface area contributed by atoms with Crippen molar-refractivity contribution in [2.75, 3.05) is 20.1 Å². The average molecular weight is 264 g/mol. The highest BCUT2D eigenvalue weighted by molar-refractivity contribution is 5.75. The highest BCUT2D eigenvalue weighted by atomic mass is 16.2. The molecule has 1 saturated heterocycles. The van der Waals surface area contributed by atoms with E-state index in [9.17, 15) is 4.79 Å². The van der Waals surface area contributed by atoms with Gasteiger partial charge in [0.05, 0.1) is 5.69 Å². The first-order valence-corrected chi connectivity index (χ1v) is 7.04. The lowest BCUT2D eigenvalue weighted by Gasteiger charge is -2.28. The zero-order chi connectivity index (χ0) is 13.8. The van der Waals surface area contributed by atoms with Gasteiger partial charge in [-0.1, -0.05) is 6.42 Å². The molecule has 106 valence electrons. The first-order valence-electron chi connectivity index (χ1n) is 7.04. The number of carbonyl (C=O) groups is 1. The summed E-state index contributed by atoms with van der Waals surface area (Å²) < 4.78 is 1.78. The number of amides is 1. The molecule has 1 aliphatic heterocycles. The van der Waals surface area contributed by atoms with Crippen molar-refractivity contribution in [3.63, 3.8) is 0 Å². The number of nitrogens with zero attached hydrogens (tertiary/aromatic N) is 3. The molecule has 1 fully saturated rings. The molecule has 1 aromatic heterocycles. The van der Waals surface area contributed by atoms with Crippen molar-refractivity contribution in [2.45, 2.75) is 45.7 Å². The molecule has 5 heteroatoms. The molecule has 1 aromatic rings. The molecule has 2 heterocycles. The molecule has 0 bridgehead atoms. The molecule has 1 N–H and O–H groups in total. The Morgan fingerprint density at radius 3 is 2.89 bits per heavy atom. The fourth-order valence-corrected chi connectivity index (χ4v) is 2.60. The van der Waals surface area contributed by atoms with Gasteiger partial charge in [-0.3, -0.25) is 9.48 Å². The maximum atomic E-state index is 12.2. The lowest BCUT2D eigenvalue weighted by molar-refractivity contribution is -0.131. The summed E-state index contributed by atoms with van der Waals surface area (Å²) in [6.45, 7) is 6.13. The molecule has 0 radical (unpaired) electrons. The van der Waals surface area contributed by atoms with E-state index in [4.69, 9.17) is 0 Å². The Morgan fingerprint density at radius 2 is 2.32 bits per heavy atom. The largest absolute Gasteiger partial charge is 0.343 e. The van der Waals surface area contributed by atoms with Gasteiger partial charge in [0, 0.05) is 25.3 Å². The van der Waals surface area contributed by atoms with Crippen LogP contribution in [0, 0.1) is 13.8 Å². The molecule has 1 atom stereocenters. The monoisotopic (exact) mass is 264 g/mol. The van der Waals surface area contributed by atoms with Gasteiger partial charge in [-0.2, -0.15) is 5.10 Å².